The van der Waals surface area contributed by atoms with Gasteiger partial charge in [0, 0.05) is 63.7 Å². The zero-order chi connectivity index (χ0) is 14.7. The molecule has 2 aromatic rings. The smallest absolute Gasteiger partial charge is 0.0534 e. The first-order valence-electron chi connectivity index (χ1n) is 7.53. The fourth-order valence-corrected chi connectivity index (χ4v) is 2.94. The van der Waals surface area contributed by atoms with Crippen LogP contribution in [0.5, 0.6) is 0 Å². The lowest BCUT2D eigenvalue weighted by molar-refractivity contribution is 0.0841. The summed E-state index contributed by atoms with van der Waals surface area (Å²) < 4.78 is 9.61. The third-order valence-electron chi connectivity index (χ3n) is 3.86. The Morgan fingerprint density at radius 3 is 3.00 bits per heavy atom. The first kappa shape index (κ1) is 14.3. The lowest BCUT2D eigenvalue weighted by Crippen LogP contribution is -2.30. The van der Waals surface area contributed by atoms with Gasteiger partial charge in [-0.05, 0) is 13.0 Å². The van der Waals surface area contributed by atoms with E-state index in [2.05, 4.69) is 32.0 Å². The summed E-state index contributed by atoms with van der Waals surface area (Å²) in [7, 11) is 1.96. The zero-order valence-electron chi connectivity index (χ0n) is 12.8. The number of hydrogen-bond donors (Lipinski definition) is 0. The van der Waals surface area contributed by atoms with E-state index in [0.29, 0.717) is 5.92 Å². The molecule has 114 valence electrons. The van der Waals surface area contributed by atoms with Gasteiger partial charge in [-0.2, -0.15) is 10.2 Å². The Labute approximate surface area is 125 Å². The summed E-state index contributed by atoms with van der Waals surface area (Å²) in [5.74, 6) is 0.475. The molecule has 0 amide bonds. The largest absolute Gasteiger partial charge is 0.381 e. The van der Waals surface area contributed by atoms with E-state index in [0.717, 1.165) is 39.4 Å². The first-order chi connectivity index (χ1) is 10.2. The van der Waals surface area contributed by atoms with E-state index in [1.165, 1.54) is 11.3 Å². The standard InChI is InChI=1S/C15H23N5O/c1-3-21-12-14-9-19(8-13-6-17-18(2)7-13)11-15-4-5-16-20(15)10-14/h4-7,14H,3,8-12H2,1-2H3/t14-/m1/s1. The Balaban J connectivity index is 1.73. The fraction of sp³-hybridized carbons (Fsp3) is 0.600. The maximum atomic E-state index is 5.64. The fourth-order valence-electron chi connectivity index (χ4n) is 2.94. The van der Waals surface area contributed by atoms with Gasteiger partial charge in [-0.3, -0.25) is 14.3 Å². The third-order valence-corrected chi connectivity index (χ3v) is 3.86. The van der Waals surface area contributed by atoms with Crippen LogP contribution in [0.3, 0.4) is 0 Å². The predicted molar refractivity (Wildman–Crippen MR) is 79.5 cm³/mol. The van der Waals surface area contributed by atoms with Crippen LogP contribution < -0.4 is 0 Å². The minimum atomic E-state index is 0.475. The molecule has 0 N–H and O–H groups in total. The van der Waals surface area contributed by atoms with Gasteiger partial charge in [-0.15, -0.1) is 0 Å². The van der Waals surface area contributed by atoms with Crippen molar-refractivity contribution in [3.05, 3.63) is 35.9 Å². The molecule has 0 aliphatic carbocycles. The Bertz CT molecular complexity index is 576. The van der Waals surface area contributed by atoms with E-state index >= 15 is 0 Å². The average molecular weight is 289 g/mol. The monoisotopic (exact) mass is 289 g/mol. The van der Waals surface area contributed by atoms with Crippen molar-refractivity contribution in [2.45, 2.75) is 26.6 Å². The van der Waals surface area contributed by atoms with Gasteiger partial charge in [0.2, 0.25) is 0 Å². The lowest BCUT2D eigenvalue weighted by Gasteiger charge is -2.23. The molecule has 2 aromatic heterocycles. The molecule has 0 fully saturated rings. The van der Waals surface area contributed by atoms with E-state index < -0.39 is 0 Å². The summed E-state index contributed by atoms with van der Waals surface area (Å²) in [5, 5.41) is 8.69. The van der Waals surface area contributed by atoms with Gasteiger partial charge in [0.15, 0.2) is 0 Å². The number of hydrogen-bond acceptors (Lipinski definition) is 4. The molecule has 0 unspecified atom stereocenters. The Kier molecular flexibility index (Phi) is 4.36. The summed E-state index contributed by atoms with van der Waals surface area (Å²) in [6, 6.07) is 2.11. The van der Waals surface area contributed by atoms with Crippen molar-refractivity contribution in [3.63, 3.8) is 0 Å². The van der Waals surface area contributed by atoms with Crippen LogP contribution in [-0.2, 0) is 31.4 Å². The highest BCUT2D eigenvalue weighted by molar-refractivity contribution is 5.06. The number of fused-ring (bicyclic) bond motifs is 1. The number of aryl methyl sites for hydroxylation is 1. The predicted octanol–water partition coefficient (Wildman–Crippen LogP) is 1.29. The van der Waals surface area contributed by atoms with Gasteiger partial charge < -0.3 is 4.74 Å². The van der Waals surface area contributed by atoms with Crippen LogP contribution in [-0.4, -0.2) is 44.2 Å². The molecule has 3 rings (SSSR count). The van der Waals surface area contributed by atoms with Crippen molar-refractivity contribution >= 4 is 0 Å². The minimum Gasteiger partial charge on any atom is -0.381 e. The number of aromatic nitrogens is 4. The SMILES string of the molecule is CCOC[C@@H]1CN(Cc2cnn(C)c2)Cc2ccnn2C1. The highest BCUT2D eigenvalue weighted by Crippen LogP contribution is 2.18. The van der Waals surface area contributed by atoms with E-state index in [1.807, 2.05) is 31.0 Å². The van der Waals surface area contributed by atoms with Gasteiger partial charge in [0.1, 0.15) is 0 Å². The van der Waals surface area contributed by atoms with Crippen molar-refractivity contribution in [3.8, 4) is 0 Å². The molecular weight excluding hydrogens is 266 g/mol. The molecule has 6 nitrogen and oxygen atoms in total. The Hall–Kier alpha value is -1.66. The zero-order valence-corrected chi connectivity index (χ0v) is 12.8. The van der Waals surface area contributed by atoms with E-state index in [4.69, 9.17) is 4.74 Å². The van der Waals surface area contributed by atoms with Crippen LogP contribution >= 0.6 is 0 Å². The van der Waals surface area contributed by atoms with Crippen molar-refractivity contribution in [1.82, 2.24) is 24.5 Å². The van der Waals surface area contributed by atoms with E-state index in [1.54, 1.807) is 0 Å². The molecule has 0 radical (unpaired) electrons. The highest BCUT2D eigenvalue weighted by Gasteiger charge is 2.22. The molecule has 0 saturated carbocycles. The van der Waals surface area contributed by atoms with Crippen molar-refractivity contribution in [2.24, 2.45) is 13.0 Å². The summed E-state index contributed by atoms with van der Waals surface area (Å²) in [5.41, 5.74) is 2.53. The molecule has 3 heterocycles. The van der Waals surface area contributed by atoms with Crippen LogP contribution in [0.1, 0.15) is 18.2 Å². The molecular formula is C15H23N5O. The van der Waals surface area contributed by atoms with Crippen molar-refractivity contribution in [1.29, 1.82) is 0 Å². The van der Waals surface area contributed by atoms with Gasteiger partial charge in [0.25, 0.3) is 0 Å². The summed E-state index contributed by atoms with van der Waals surface area (Å²) in [6.45, 7) is 7.41. The molecule has 6 heteroatoms. The quantitative estimate of drug-likeness (QED) is 0.832. The average Bonchev–Trinajstić information content (AvgIpc) is 3.02. The van der Waals surface area contributed by atoms with Crippen molar-refractivity contribution < 1.29 is 4.74 Å². The van der Waals surface area contributed by atoms with Crippen LogP contribution in [0, 0.1) is 5.92 Å². The molecule has 0 aromatic carbocycles. The number of rotatable bonds is 5. The summed E-state index contributed by atoms with van der Waals surface area (Å²) >= 11 is 0. The molecule has 1 aliphatic heterocycles. The van der Waals surface area contributed by atoms with Gasteiger partial charge in [0.05, 0.1) is 18.5 Å². The molecule has 21 heavy (non-hydrogen) atoms. The van der Waals surface area contributed by atoms with Gasteiger partial charge in [-0.1, -0.05) is 0 Å². The number of ether oxygens (including phenoxy) is 1. The molecule has 1 atom stereocenters. The highest BCUT2D eigenvalue weighted by atomic mass is 16.5. The van der Waals surface area contributed by atoms with E-state index in [9.17, 15) is 0 Å². The maximum Gasteiger partial charge on any atom is 0.0534 e. The number of nitrogens with zero attached hydrogens (tertiary/aromatic N) is 5. The molecule has 0 saturated heterocycles. The van der Waals surface area contributed by atoms with E-state index in [-0.39, 0.29) is 0 Å². The van der Waals surface area contributed by atoms with Crippen LogP contribution in [0.15, 0.2) is 24.7 Å². The van der Waals surface area contributed by atoms with Crippen molar-refractivity contribution in [2.75, 3.05) is 19.8 Å². The first-order valence-corrected chi connectivity index (χ1v) is 7.53. The second-order valence-corrected chi connectivity index (χ2v) is 5.72. The van der Waals surface area contributed by atoms with Gasteiger partial charge >= 0.3 is 0 Å². The van der Waals surface area contributed by atoms with Crippen LogP contribution in [0.2, 0.25) is 0 Å². The van der Waals surface area contributed by atoms with Crippen LogP contribution in [0.25, 0.3) is 0 Å². The Morgan fingerprint density at radius 1 is 1.33 bits per heavy atom. The molecule has 1 aliphatic rings. The summed E-state index contributed by atoms with van der Waals surface area (Å²) in [6.07, 6.45) is 5.92. The summed E-state index contributed by atoms with van der Waals surface area (Å²) in [4.78, 5) is 2.46. The maximum absolute atomic E-state index is 5.64. The second kappa shape index (κ2) is 6.41. The Morgan fingerprint density at radius 2 is 2.24 bits per heavy atom. The van der Waals surface area contributed by atoms with Gasteiger partial charge in [-0.25, -0.2) is 0 Å². The normalized spacial score (nSPS) is 19.4. The topological polar surface area (TPSA) is 48.1 Å². The third kappa shape index (κ3) is 3.51. The molecule has 0 spiro atoms. The lowest BCUT2D eigenvalue weighted by atomic mass is 10.1. The minimum absolute atomic E-state index is 0.475. The second-order valence-electron chi connectivity index (χ2n) is 5.72. The molecule has 0 bridgehead atoms. The van der Waals surface area contributed by atoms with Crippen LogP contribution in [0.4, 0.5) is 0 Å².